The van der Waals surface area contributed by atoms with Crippen LogP contribution in [0.3, 0.4) is 0 Å². The largest absolute Gasteiger partial charge is 0.380 e. The van der Waals surface area contributed by atoms with Crippen LogP contribution in [-0.2, 0) is 4.74 Å². The summed E-state index contributed by atoms with van der Waals surface area (Å²) in [7, 11) is 1.70. The highest BCUT2D eigenvalue weighted by Gasteiger charge is 2.34. The molecular formula is C31H31F2N7O. The number of piperidine rings is 1. The number of fused-ring (bicyclic) bond motifs is 2. The predicted octanol–water partition coefficient (Wildman–Crippen LogP) is 4.65. The summed E-state index contributed by atoms with van der Waals surface area (Å²) in [6, 6.07) is 13.8. The summed E-state index contributed by atoms with van der Waals surface area (Å²) >= 11 is 0. The molecule has 3 atom stereocenters. The Morgan fingerprint density at radius 1 is 0.976 bits per heavy atom. The topological polar surface area (TPSA) is 82.2 Å². The van der Waals surface area contributed by atoms with E-state index in [2.05, 4.69) is 20.1 Å². The lowest BCUT2D eigenvalue weighted by molar-refractivity contribution is 0.121. The van der Waals surface area contributed by atoms with Gasteiger partial charge in [0.25, 0.3) is 0 Å². The highest BCUT2D eigenvalue weighted by Crippen LogP contribution is 2.37. The lowest BCUT2D eigenvalue weighted by Gasteiger charge is -2.36. The molecule has 7 rings (SSSR count). The van der Waals surface area contributed by atoms with Crippen molar-refractivity contribution in [2.24, 2.45) is 5.92 Å². The van der Waals surface area contributed by atoms with Gasteiger partial charge in [0.15, 0.2) is 5.65 Å². The zero-order valence-corrected chi connectivity index (χ0v) is 22.9. The molecule has 0 aliphatic carbocycles. The number of ether oxygens (including phenoxy) is 1. The van der Waals surface area contributed by atoms with Gasteiger partial charge in [0.1, 0.15) is 29.0 Å². The molecule has 10 heteroatoms. The summed E-state index contributed by atoms with van der Waals surface area (Å²) in [5.41, 5.74) is 3.49. The van der Waals surface area contributed by atoms with E-state index < -0.39 is 11.6 Å². The number of hydrogen-bond acceptors (Lipinski definition) is 7. The smallest absolute Gasteiger partial charge is 0.167 e. The van der Waals surface area contributed by atoms with E-state index in [0.717, 1.165) is 50.4 Å². The van der Waals surface area contributed by atoms with Crippen molar-refractivity contribution in [3.63, 3.8) is 0 Å². The van der Waals surface area contributed by atoms with E-state index in [4.69, 9.17) is 9.72 Å². The number of hydrogen-bond donors (Lipinski definition) is 1. The van der Waals surface area contributed by atoms with Gasteiger partial charge in [-0.25, -0.2) is 18.7 Å². The molecular weight excluding hydrogens is 524 g/mol. The highest BCUT2D eigenvalue weighted by atomic mass is 19.1. The lowest BCUT2D eigenvalue weighted by Crippen LogP contribution is -2.46. The number of rotatable bonds is 5. The van der Waals surface area contributed by atoms with Gasteiger partial charge in [0, 0.05) is 56.8 Å². The number of anilines is 2. The summed E-state index contributed by atoms with van der Waals surface area (Å²) in [5, 5.41) is 12.9. The SMILES string of the molecule is COC1CCN(c2ccc(-n3c(-c4ccc(C#N)c(F)c4)nc4c(N5CCC6CCNC6C5)ccnc43)c(F)c2)C1. The fraction of sp³-hybridized carbons (Fsp3) is 0.387. The van der Waals surface area contributed by atoms with Crippen LogP contribution in [-0.4, -0.2) is 66.5 Å². The van der Waals surface area contributed by atoms with Crippen LogP contribution >= 0.6 is 0 Å². The molecule has 0 amide bonds. The maximum absolute atomic E-state index is 16.0. The van der Waals surface area contributed by atoms with Crippen molar-refractivity contribution in [3.05, 3.63) is 65.9 Å². The Bertz CT molecular complexity index is 1660. The van der Waals surface area contributed by atoms with Crippen molar-refractivity contribution in [1.29, 1.82) is 5.26 Å². The number of methoxy groups -OCH3 is 1. The number of imidazole rings is 1. The Balaban J connectivity index is 1.36. The van der Waals surface area contributed by atoms with Crippen LogP contribution in [0.4, 0.5) is 20.2 Å². The second-order valence-electron chi connectivity index (χ2n) is 11.2. The van der Waals surface area contributed by atoms with Gasteiger partial charge in [-0.1, -0.05) is 0 Å². The Labute approximate surface area is 237 Å². The van der Waals surface area contributed by atoms with Crippen LogP contribution in [0.1, 0.15) is 24.8 Å². The maximum Gasteiger partial charge on any atom is 0.167 e. The number of aromatic nitrogens is 3. The molecule has 3 unspecified atom stereocenters. The van der Waals surface area contributed by atoms with Gasteiger partial charge in [-0.05, 0) is 74.2 Å². The molecule has 3 fully saturated rings. The third-order valence-corrected chi connectivity index (χ3v) is 8.91. The van der Waals surface area contributed by atoms with Crippen LogP contribution in [0.25, 0.3) is 28.2 Å². The average Bonchev–Trinajstić information content (AvgIpc) is 3.75. The molecule has 4 aromatic rings. The summed E-state index contributed by atoms with van der Waals surface area (Å²) in [6.45, 7) is 4.29. The molecule has 3 aliphatic heterocycles. The fourth-order valence-corrected chi connectivity index (χ4v) is 6.66. The molecule has 0 radical (unpaired) electrons. The van der Waals surface area contributed by atoms with Crippen LogP contribution in [0.15, 0.2) is 48.7 Å². The summed E-state index contributed by atoms with van der Waals surface area (Å²) in [5.74, 6) is -0.0323. The Morgan fingerprint density at radius 3 is 2.63 bits per heavy atom. The van der Waals surface area contributed by atoms with Gasteiger partial charge in [0.05, 0.1) is 23.0 Å². The minimum Gasteiger partial charge on any atom is -0.380 e. The zero-order valence-electron chi connectivity index (χ0n) is 22.9. The van der Waals surface area contributed by atoms with Crippen LogP contribution in [0.2, 0.25) is 0 Å². The number of benzene rings is 2. The van der Waals surface area contributed by atoms with Gasteiger partial charge < -0.3 is 19.9 Å². The van der Waals surface area contributed by atoms with E-state index in [1.807, 2.05) is 18.2 Å². The van der Waals surface area contributed by atoms with Crippen molar-refractivity contribution < 1.29 is 13.5 Å². The molecule has 2 aromatic carbocycles. The molecule has 8 nitrogen and oxygen atoms in total. The highest BCUT2D eigenvalue weighted by molar-refractivity contribution is 5.91. The van der Waals surface area contributed by atoms with Crippen molar-refractivity contribution in [2.45, 2.75) is 31.4 Å². The summed E-state index contributed by atoms with van der Waals surface area (Å²) in [6.07, 6.45) is 5.04. The zero-order chi connectivity index (χ0) is 28.1. The molecule has 5 heterocycles. The van der Waals surface area contributed by atoms with Gasteiger partial charge >= 0.3 is 0 Å². The van der Waals surface area contributed by atoms with E-state index >= 15 is 4.39 Å². The van der Waals surface area contributed by atoms with Crippen molar-refractivity contribution in [1.82, 2.24) is 19.9 Å². The normalized spacial score (nSPS) is 22.3. The Kier molecular flexibility index (Phi) is 6.56. The number of nitrogens with zero attached hydrogens (tertiary/aromatic N) is 6. The minimum atomic E-state index is -0.649. The second-order valence-corrected chi connectivity index (χ2v) is 11.2. The second kappa shape index (κ2) is 10.4. The Hall–Kier alpha value is -4.07. The van der Waals surface area contributed by atoms with Gasteiger partial charge in [0.2, 0.25) is 0 Å². The molecule has 0 bridgehead atoms. The molecule has 210 valence electrons. The lowest BCUT2D eigenvalue weighted by atomic mass is 9.92. The fourth-order valence-electron chi connectivity index (χ4n) is 6.66. The maximum atomic E-state index is 16.0. The van der Waals surface area contributed by atoms with Crippen LogP contribution < -0.4 is 15.1 Å². The van der Waals surface area contributed by atoms with Crippen molar-refractivity contribution in [2.75, 3.05) is 49.6 Å². The first kappa shape index (κ1) is 25.9. The Morgan fingerprint density at radius 2 is 1.85 bits per heavy atom. The van der Waals surface area contributed by atoms with E-state index in [1.165, 1.54) is 24.6 Å². The van der Waals surface area contributed by atoms with Crippen LogP contribution in [0, 0.1) is 28.9 Å². The molecule has 0 spiro atoms. The quantitative estimate of drug-likeness (QED) is 0.384. The summed E-state index contributed by atoms with van der Waals surface area (Å²) < 4.78 is 38.0. The monoisotopic (exact) mass is 555 g/mol. The van der Waals surface area contributed by atoms with Crippen molar-refractivity contribution >= 4 is 22.5 Å². The van der Waals surface area contributed by atoms with Crippen LogP contribution in [0.5, 0.6) is 0 Å². The summed E-state index contributed by atoms with van der Waals surface area (Å²) in [4.78, 5) is 14.1. The number of nitrogens with one attached hydrogen (secondary N) is 1. The number of halogens is 2. The van der Waals surface area contributed by atoms with E-state index in [1.54, 1.807) is 30.0 Å². The molecule has 3 saturated heterocycles. The molecule has 41 heavy (non-hydrogen) atoms. The first-order chi connectivity index (χ1) is 20.0. The standard InChI is InChI=1S/C31H31F2N7O/c1-41-23-9-13-38(17-23)22-4-5-27(25(33)15-22)40-30(20-2-3-21(16-34)24(32)14-20)37-29-28(7-11-36-31(29)40)39-12-8-19-6-10-35-26(19)18-39/h2-5,7,11,14-15,19,23,26,35H,6,8-10,12-13,17-18H2,1H3. The van der Waals surface area contributed by atoms with Crippen molar-refractivity contribution in [3.8, 4) is 23.1 Å². The van der Waals surface area contributed by atoms with Gasteiger partial charge in [-0.3, -0.25) is 4.57 Å². The third kappa shape index (κ3) is 4.49. The van der Waals surface area contributed by atoms with Gasteiger partial charge in [-0.15, -0.1) is 0 Å². The molecule has 0 saturated carbocycles. The first-order valence-electron chi connectivity index (χ1n) is 14.2. The minimum absolute atomic E-state index is 0.0577. The van der Waals surface area contributed by atoms with E-state index in [0.29, 0.717) is 41.1 Å². The molecule has 3 aliphatic rings. The van der Waals surface area contributed by atoms with Gasteiger partial charge in [-0.2, -0.15) is 5.26 Å². The molecule has 1 N–H and O–H groups in total. The predicted molar refractivity (Wildman–Crippen MR) is 153 cm³/mol. The number of pyridine rings is 1. The average molecular weight is 556 g/mol. The third-order valence-electron chi connectivity index (χ3n) is 8.91. The van der Waals surface area contributed by atoms with E-state index in [-0.39, 0.29) is 17.4 Å². The molecule has 2 aromatic heterocycles. The van der Waals surface area contributed by atoms with E-state index in [9.17, 15) is 9.65 Å². The first-order valence-corrected chi connectivity index (χ1v) is 14.2. The number of nitriles is 1.